The van der Waals surface area contributed by atoms with Crippen LogP contribution in [-0.2, 0) is 4.74 Å². The van der Waals surface area contributed by atoms with E-state index in [0.29, 0.717) is 44.7 Å². The number of carbonyl (C=O) groups excluding carboxylic acids is 2. The van der Waals surface area contributed by atoms with Crippen molar-refractivity contribution in [3.63, 3.8) is 0 Å². The quantitative estimate of drug-likeness (QED) is 0.728. The van der Waals surface area contributed by atoms with Crippen molar-refractivity contribution in [3.8, 4) is 5.75 Å². The minimum Gasteiger partial charge on any atom is -0.487 e. The predicted molar refractivity (Wildman–Crippen MR) is 109 cm³/mol. The van der Waals surface area contributed by atoms with Gasteiger partial charge in [-0.05, 0) is 31.2 Å². The van der Waals surface area contributed by atoms with Gasteiger partial charge in [-0.3, -0.25) is 9.89 Å². The maximum absolute atomic E-state index is 12.6. The average Bonchev–Trinajstić information content (AvgIpc) is 3.24. The summed E-state index contributed by atoms with van der Waals surface area (Å²) in [7, 11) is 0. The highest BCUT2D eigenvalue weighted by atomic mass is 79.9. The van der Waals surface area contributed by atoms with Crippen molar-refractivity contribution < 1.29 is 19.1 Å². The van der Waals surface area contributed by atoms with Crippen molar-refractivity contribution in [2.45, 2.75) is 37.8 Å². The zero-order valence-corrected chi connectivity index (χ0v) is 17.7. The SMILES string of the molecule is CCOC(=O)N1CCC2(CC1)C[C@H](NC(=O)c1ccn[nH]1)c1cc(Br)ccc1O2. The number of amides is 2. The Morgan fingerprint density at radius 2 is 2.17 bits per heavy atom. The number of carbonyl (C=O) groups is 2. The molecule has 2 aliphatic rings. The smallest absolute Gasteiger partial charge is 0.409 e. The van der Waals surface area contributed by atoms with Crippen molar-refractivity contribution in [2.75, 3.05) is 19.7 Å². The molecule has 3 heterocycles. The first-order chi connectivity index (χ1) is 14.0. The Balaban J connectivity index is 1.55. The van der Waals surface area contributed by atoms with Gasteiger partial charge in [-0.1, -0.05) is 15.9 Å². The second-order valence-electron chi connectivity index (χ2n) is 7.35. The number of H-pyrrole nitrogens is 1. The van der Waals surface area contributed by atoms with Crippen molar-refractivity contribution in [1.29, 1.82) is 0 Å². The molecular formula is C20H23BrN4O4. The zero-order chi connectivity index (χ0) is 20.4. The fourth-order valence-corrected chi connectivity index (χ4v) is 4.39. The van der Waals surface area contributed by atoms with E-state index < -0.39 is 5.60 Å². The van der Waals surface area contributed by atoms with Gasteiger partial charge in [0.15, 0.2) is 0 Å². The third kappa shape index (κ3) is 4.10. The largest absolute Gasteiger partial charge is 0.487 e. The van der Waals surface area contributed by atoms with E-state index in [-0.39, 0.29) is 18.0 Å². The van der Waals surface area contributed by atoms with Crippen LogP contribution >= 0.6 is 15.9 Å². The van der Waals surface area contributed by atoms with E-state index in [1.54, 1.807) is 24.1 Å². The highest BCUT2D eigenvalue weighted by Crippen LogP contribution is 2.45. The average molecular weight is 463 g/mol. The fourth-order valence-electron chi connectivity index (χ4n) is 4.01. The number of hydrogen-bond acceptors (Lipinski definition) is 5. The molecule has 2 N–H and O–H groups in total. The molecule has 2 amide bonds. The monoisotopic (exact) mass is 462 g/mol. The highest BCUT2D eigenvalue weighted by molar-refractivity contribution is 9.10. The molecule has 0 aliphatic carbocycles. The molecule has 2 aliphatic heterocycles. The maximum Gasteiger partial charge on any atom is 0.409 e. The Morgan fingerprint density at radius 3 is 2.86 bits per heavy atom. The van der Waals surface area contributed by atoms with Crippen molar-refractivity contribution >= 4 is 27.9 Å². The minimum absolute atomic E-state index is 0.207. The van der Waals surface area contributed by atoms with Crippen LogP contribution in [0.1, 0.15) is 48.3 Å². The van der Waals surface area contributed by atoms with E-state index in [4.69, 9.17) is 9.47 Å². The van der Waals surface area contributed by atoms with Gasteiger partial charge < -0.3 is 19.7 Å². The topological polar surface area (TPSA) is 96.5 Å². The van der Waals surface area contributed by atoms with E-state index in [2.05, 4.69) is 31.4 Å². The minimum atomic E-state index is -0.435. The molecule has 1 fully saturated rings. The molecular weight excluding hydrogens is 440 g/mol. The van der Waals surface area contributed by atoms with Crippen LogP contribution in [0.15, 0.2) is 34.9 Å². The summed E-state index contributed by atoms with van der Waals surface area (Å²) in [5.74, 6) is 0.554. The molecule has 1 atom stereocenters. The van der Waals surface area contributed by atoms with Gasteiger partial charge in [0.05, 0.1) is 12.6 Å². The number of nitrogens with one attached hydrogen (secondary N) is 2. The van der Waals surface area contributed by atoms with Crippen LogP contribution in [0.2, 0.25) is 0 Å². The summed E-state index contributed by atoms with van der Waals surface area (Å²) in [6, 6.07) is 7.27. The third-order valence-electron chi connectivity index (χ3n) is 5.50. The molecule has 0 saturated carbocycles. The lowest BCUT2D eigenvalue weighted by molar-refractivity contribution is -0.0233. The molecule has 1 aromatic carbocycles. The van der Waals surface area contributed by atoms with Gasteiger partial charge in [0.25, 0.3) is 5.91 Å². The summed E-state index contributed by atoms with van der Waals surface area (Å²) in [4.78, 5) is 26.4. The number of nitrogens with zero attached hydrogens (tertiary/aromatic N) is 2. The molecule has 4 rings (SSSR count). The second kappa shape index (κ2) is 8.06. The number of aromatic nitrogens is 2. The van der Waals surface area contributed by atoms with Gasteiger partial charge >= 0.3 is 6.09 Å². The lowest BCUT2D eigenvalue weighted by Gasteiger charge is -2.46. The molecule has 0 radical (unpaired) electrons. The number of fused-ring (bicyclic) bond motifs is 1. The van der Waals surface area contributed by atoms with Crippen LogP contribution in [-0.4, -0.2) is 52.4 Å². The molecule has 8 nitrogen and oxygen atoms in total. The van der Waals surface area contributed by atoms with E-state index >= 15 is 0 Å². The van der Waals surface area contributed by atoms with Gasteiger partial charge in [-0.15, -0.1) is 0 Å². The number of benzene rings is 1. The van der Waals surface area contributed by atoms with Crippen LogP contribution in [0.4, 0.5) is 4.79 Å². The standard InChI is InChI=1S/C20H23BrN4O4/c1-2-28-19(27)25-9-6-20(7-10-25)12-16(23-18(26)15-5-8-22-24-15)14-11-13(21)3-4-17(14)29-20/h3-5,8,11,16H,2,6-7,9-10,12H2,1H3,(H,22,24)(H,23,26)/t16-/m0/s1. The normalized spacial score (nSPS) is 19.9. The molecule has 1 saturated heterocycles. The Hall–Kier alpha value is -2.55. The zero-order valence-electron chi connectivity index (χ0n) is 16.1. The van der Waals surface area contributed by atoms with Crippen LogP contribution in [0.3, 0.4) is 0 Å². The number of hydrogen-bond donors (Lipinski definition) is 2. The first-order valence-corrected chi connectivity index (χ1v) is 10.5. The summed E-state index contributed by atoms with van der Waals surface area (Å²) in [5.41, 5.74) is 0.917. The predicted octanol–water partition coefficient (Wildman–Crippen LogP) is 3.42. The molecule has 0 unspecified atom stereocenters. The van der Waals surface area contributed by atoms with E-state index in [1.807, 2.05) is 18.2 Å². The second-order valence-corrected chi connectivity index (χ2v) is 8.27. The summed E-state index contributed by atoms with van der Waals surface area (Å²) >= 11 is 3.51. The Morgan fingerprint density at radius 1 is 1.38 bits per heavy atom. The number of halogens is 1. The van der Waals surface area contributed by atoms with Gasteiger partial charge in [0, 0.05) is 48.6 Å². The highest BCUT2D eigenvalue weighted by Gasteiger charge is 2.44. The van der Waals surface area contributed by atoms with E-state index in [9.17, 15) is 9.59 Å². The van der Waals surface area contributed by atoms with Gasteiger partial charge in [0.1, 0.15) is 17.0 Å². The molecule has 9 heteroatoms. The lowest BCUT2D eigenvalue weighted by atomic mass is 9.80. The molecule has 0 bridgehead atoms. The summed E-state index contributed by atoms with van der Waals surface area (Å²) < 4.78 is 12.5. The molecule has 154 valence electrons. The lowest BCUT2D eigenvalue weighted by Crippen LogP contribution is -2.53. The number of ether oxygens (including phenoxy) is 2. The van der Waals surface area contributed by atoms with E-state index in [0.717, 1.165) is 15.8 Å². The van der Waals surface area contributed by atoms with Crippen LogP contribution in [0, 0.1) is 0 Å². The van der Waals surface area contributed by atoms with E-state index in [1.165, 1.54) is 0 Å². The Kier molecular flexibility index (Phi) is 5.49. The van der Waals surface area contributed by atoms with Crippen LogP contribution in [0.5, 0.6) is 5.75 Å². The summed E-state index contributed by atoms with van der Waals surface area (Å²) in [5, 5.41) is 9.67. The summed E-state index contributed by atoms with van der Waals surface area (Å²) in [6.07, 6.45) is 3.25. The summed E-state index contributed by atoms with van der Waals surface area (Å²) in [6.45, 7) is 3.29. The number of rotatable bonds is 3. The first-order valence-electron chi connectivity index (χ1n) is 9.70. The molecule has 1 aromatic heterocycles. The van der Waals surface area contributed by atoms with Gasteiger partial charge in [-0.2, -0.15) is 5.10 Å². The Bertz CT molecular complexity index is 894. The fraction of sp³-hybridized carbons (Fsp3) is 0.450. The molecule has 2 aromatic rings. The van der Waals surface area contributed by atoms with Gasteiger partial charge in [0.2, 0.25) is 0 Å². The third-order valence-corrected chi connectivity index (χ3v) is 5.99. The Labute approximate surface area is 177 Å². The van der Waals surface area contributed by atoms with Crippen LogP contribution < -0.4 is 10.1 Å². The maximum atomic E-state index is 12.6. The molecule has 29 heavy (non-hydrogen) atoms. The number of likely N-dealkylation sites (tertiary alicyclic amines) is 1. The molecule has 1 spiro atoms. The van der Waals surface area contributed by atoms with Crippen molar-refractivity contribution in [3.05, 3.63) is 46.2 Å². The van der Waals surface area contributed by atoms with Gasteiger partial charge in [-0.25, -0.2) is 4.79 Å². The van der Waals surface area contributed by atoms with Crippen LogP contribution in [0.25, 0.3) is 0 Å². The number of piperidine rings is 1. The number of aromatic amines is 1. The first kappa shape index (κ1) is 19.8. The van der Waals surface area contributed by atoms with Crippen molar-refractivity contribution in [1.82, 2.24) is 20.4 Å². The van der Waals surface area contributed by atoms with Crippen molar-refractivity contribution in [2.24, 2.45) is 0 Å².